The van der Waals surface area contributed by atoms with Gasteiger partial charge in [-0.3, -0.25) is 9.59 Å². The van der Waals surface area contributed by atoms with Crippen LogP contribution in [0.5, 0.6) is 0 Å². The molecule has 0 saturated heterocycles. The van der Waals surface area contributed by atoms with Gasteiger partial charge in [0, 0.05) is 5.56 Å². The highest BCUT2D eigenvalue weighted by Crippen LogP contribution is 2.19. The van der Waals surface area contributed by atoms with Crippen LogP contribution in [0.2, 0.25) is 0 Å². The summed E-state index contributed by atoms with van der Waals surface area (Å²) in [6, 6.07) is 12.2. The summed E-state index contributed by atoms with van der Waals surface area (Å²) in [7, 11) is 1.07. The molecule has 0 fully saturated rings. The minimum atomic E-state index is -1.16. The van der Waals surface area contributed by atoms with Crippen molar-refractivity contribution < 1.29 is 19.1 Å². The van der Waals surface area contributed by atoms with Crippen LogP contribution < -0.4 is 0 Å². The Kier molecular flexibility index (Phi) is 3.19. The molecule has 2 rings (SSSR count). The number of ketones is 2. The molecule has 0 spiro atoms. The minimum Gasteiger partial charge on any atom is -0.463 e. The van der Waals surface area contributed by atoms with Crippen LogP contribution in [-0.2, 0) is 14.3 Å². The second kappa shape index (κ2) is 4.79. The van der Waals surface area contributed by atoms with Gasteiger partial charge in [-0.15, -0.1) is 0 Å². The van der Waals surface area contributed by atoms with Crippen molar-refractivity contribution in [3.8, 4) is 0 Å². The molecule has 2 aromatic carbocycles. The van der Waals surface area contributed by atoms with E-state index in [0.29, 0.717) is 5.39 Å². The number of ether oxygens (including phenoxy) is 1. The van der Waals surface area contributed by atoms with Gasteiger partial charge in [-0.2, -0.15) is 0 Å². The maximum Gasteiger partial charge on any atom is 0.383 e. The number of methoxy groups -OCH3 is 1. The first-order valence-corrected chi connectivity index (χ1v) is 5.30. The van der Waals surface area contributed by atoms with Gasteiger partial charge in [-0.1, -0.05) is 42.5 Å². The number of rotatable bonds is 3. The summed E-state index contributed by atoms with van der Waals surface area (Å²) in [5, 5.41) is 1.48. The number of carbonyl (C=O) groups excluding carboxylic acids is 3. The SMILES string of the molecule is COC(=O)C(=O)C(=O)c1cccc2ccccc12. The molecule has 0 amide bonds. The van der Waals surface area contributed by atoms with E-state index in [-0.39, 0.29) is 5.56 Å². The molecule has 0 aromatic heterocycles. The van der Waals surface area contributed by atoms with E-state index in [1.54, 1.807) is 18.2 Å². The first-order chi connectivity index (χ1) is 8.65. The molecule has 0 aliphatic carbocycles. The monoisotopic (exact) mass is 242 g/mol. The van der Waals surface area contributed by atoms with Gasteiger partial charge in [-0.25, -0.2) is 4.79 Å². The molecule has 0 aliphatic heterocycles. The van der Waals surface area contributed by atoms with Crippen molar-refractivity contribution in [3.63, 3.8) is 0 Å². The van der Waals surface area contributed by atoms with Crippen LogP contribution in [0.25, 0.3) is 10.8 Å². The lowest BCUT2D eigenvalue weighted by molar-refractivity contribution is -0.149. The summed E-state index contributed by atoms with van der Waals surface area (Å²) in [6.45, 7) is 0. The fourth-order valence-corrected chi connectivity index (χ4v) is 1.73. The molecule has 2 aromatic rings. The van der Waals surface area contributed by atoms with Crippen molar-refractivity contribution in [1.29, 1.82) is 0 Å². The summed E-state index contributed by atoms with van der Waals surface area (Å²) in [5.41, 5.74) is 0.212. The van der Waals surface area contributed by atoms with E-state index in [2.05, 4.69) is 4.74 Å². The number of Topliss-reactive ketones (excluding diaryl/α,β-unsaturated/α-hetero) is 2. The normalized spacial score (nSPS) is 10.1. The molecule has 18 heavy (non-hydrogen) atoms. The number of hydrogen-bond donors (Lipinski definition) is 0. The van der Waals surface area contributed by atoms with E-state index in [1.807, 2.05) is 18.2 Å². The van der Waals surface area contributed by atoms with E-state index < -0.39 is 17.5 Å². The van der Waals surface area contributed by atoms with Gasteiger partial charge in [0.1, 0.15) is 0 Å². The van der Waals surface area contributed by atoms with Gasteiger partial charge in [-0.05, 0) is 10.8 Å². The van der Waals surface area contributed by atoms with E-state index >= 15 is 0 Å². The average Bonchev–Trinajstić information content (AvgIpc) is 2.44. The molecule has 0 aliphatic rings. The maximum absolute atomic E-state index is 11.9. The van der Waals surface area contributed by atoms with Gasteiger partial charge in [0.15, 0.2) is 0 Å². The number of esters is 1. The summed E-state index contributed by atoms with van der Waals surface area (Å²) >= 11 is 0. The molecule has 0 atom stereocenters. The second-order valence-corrected chi connectivity index (χ2v) is 3.68. The van der Waals surface area contributed by atoms with E-state index in [1.165, 1.54) is 6.07 Å². The van der Waals surface area contributed by atoms with Crippen molar-refractivity contribution in [2.45, 2.75) is 0 Å². The number of fused-ring (bicyclic) bond motifs is 1. The van der Waals surface area contributed by atoms with Crippen LogP contribution in [0.3, 0.4) is 0 Å². The van der Waals surface area contributed by atoms with Crippen molar-refractivity contribution in [3.05, 3.63) is 48.0 Å². The lowest BCUT2D eigenvalue weighted by atomic mass is 9.99. The lowest BCUT2D eigenvalue weighted by Gasteiger charge is -2.04. The van der Waals surface area contributed by atoms with Gasteiger partial charge < -0.3 is 4.74 Å². The van der Waals surface area contributed by atoms with Crippen LogP contribution >= 0.6 is 0 Å². The van der Waals surface area contributed by atoms with E-state index in [0.717, 1.165) is 12.5 Å². The molecular formula is C14H10O4. The second-order valence-electron chi connectivity index (χ2n) is 3.68. The minimum absolute atomic E-state index is 0.212. The number of hydrogen-bond acceptors (Lipinski definition) is 4. The van der Waals surface area contributed by atoms with Crippen molar-refractivity contribution in [2.75, 3.05) is 7.11 Å². The highest BCUT2D eigenvalue weighted by Gasteiger charge is 2.25. The van der Waals surface area contributed by atoms with Crippen LogP contribution in [0.1, 0.15) is 10.4 Å². The Morgan fingerprint density at radius 3 is 2.33 bits per heavy atom. The number of carbonyl (C=O) groups is 3. The lowest BCUT2D eigenvalue weighted by Crippen LogP contribution is -2.25. The summed E-state index contributed by atoms with van der Waals surface area (Å²) in [5.74, 6) is -3.15. The highest BCUT2D eigenvalue weighted by molar-refractivity contribution is 6.66. The van der Waals surface area contributed by atoms with Crippen molar-refractivity contribution in [1.82, 2.24) is 0 Å². The van der Waals surface area contributed by atoms with Crippen molar-refractivity contribution >= 4 is 28.3 Å². The molecule has 0 radical (unpaired) electrons. The Hall–Kier alpha value is -2.49. The molecule has 0 saturated carbocycles. The summed E-state index contributed by atoms with van der Waals surface area (Å²) in [6.07, 6.45) is 0. The van der Waals surface area contributed by atoms with E-state index in [4.69, 9.17) is 0 Å². The molecule has 0 bridgehead atoms. The van der Waals surface area contributed by atoms with Crippen LogP contribution in [0, 0.1) is 0 Å². The Bertz CT molecular complexity index is 638. The van der Waals surface area contributed by atoms with Crippen LogP contribution in [-0.4, -0.2) is 24.6 Å². The Morgan fingerprint density at radius 2 is 1.61 bits per heavy atom. The zero-order valence-corrected chi connectivity index (χ0v) is 9.67. The number of benzene rings is 2. The fourth-order valence-electron chi connectivity index (χ4n) is 1.73. The van der Waals surface area contributed by atoms with Gasteiger partial charge >= 0.3 is 11.8 Å². The Balaban J connectivity index is 2.52. The first kappa shape index (κ1) is 12.0. The average molecular weight is 242 g/mol. The largest absolute Gasteiger partial charge is 0.463 e. The third-order valence-corrected chi connectivity index (χ3v) is 2.61. The van der Waals surface area contributed by atoms with Gasteiger partial charge in [0.05, 0.1) is 7.11 Å². The smallest absolute Gasteiger partial charge is 0.383 e. The van der Waals surface area contributed by atoms with Crippen LogP contribution in [0.4, 0.5) is 0 Å². The third-order valence-electron chi connectivity index (χ3n) is 2.61. The molecular weight excluding hydrogens is 232 g/mol. The topological polar surface area (TPSA) is 60.4 Å². The van der Waals surface area contributed by atoms with Crippen LogP contribution in [0.15, 0.2) is 42.5 Å². The molecule has 0 N–H and O–H groups in total. The standard InChI is InChI=1S/C14H10O4/c1-18-14(17)13(16)12(15)11-8-4-6-9-5-2-3-7-10(9)11/h2-8H,1H3. The molecule has 4 heteroatoms. The summed E-state index contributed by atoms with van der Waals surface area (Å²) in [4.78, 5) is 34.5. The Morgan fingerprint density at radius 1 is 0.944 bits per heavy atom. The molecule has 0 heterocycles. The zero-order chi connectivity index (χ0) is 13.1. The highest BCUT2D eigenvalue weighted by atomic mass is 16.5. The zero-order valence-electron chi connectivity index (χ0n) is 9.67. The fraction of sp³-hybridized carbons (Fsp3) is 0.0714. The predicted molar refractivity (Wildman–Crippen MR) is 65.3 cm³/mol. The first-order valence-electron chi connectivity index (χ1n) is 5.30. The van der Waals surface area contributed by atoms with E-state index in [9.17, 15) is 14.4 Å². The predicted octanol–water partition coefficient (Wildman–Crippen LogP) is 1.76. The molecule has 4 nitrogen and oxygen atoms in total. The maximum atomic E-state index is 11.9. The van der Waals surface area contributed by atoms with Crippen molar-refractivity contribution in [2.24, 2.45) is 0 Å². The Labute approximate surface area is 103 Å². The molecule has 0 unspecified atom stereocenters. The third kappa shape index (κ3) is 2.00. The summed E-state index contributed by atoms with van der Waals surface area (Å²) < 4.78 is 4.26. The quantitative estimate of drug-likeness (QED) is 0.356. The van der Waals surface area contributed by atoms with Gasteiger partial charge in [0.2, 0.25) is 5.78 Å². The molecule has 90 valence electrons. The van der Waals surface area contributed by atoms with Gasteiger partial charge in [0.25, 0.3) is 0 Å².